The van der Waals surface area contributed by atoms with Crippen LogP contribution in [0.25, 0.3) is 0 Å². The maximum Gasteiger partial charge on any atom is 0.240 e. The van der Waals surface area contributed by atoms with Gasteiger partial charge in [-0.1, -0.05) is 25.0 Å². The normalized spacial score (nSPS) is 24.4. The maximum absolute atomic E-state index is 12.4. The summed E-state index contributed by atoms with van der Waals surface area (Å²) in [4.78, 5) is 38.2. The third kappa shape index (κ3) is 2.83. The molecule has 2 fully saturated rings. The van der Waals surface area contributed by atoms with E-state index in [-0.39, 0.29) is 49.4 Å². The zero-order valence-corrected chi connectivity index (χ0v) is 13.8. The largest absolute Gasteiger partial charge is 0.454 e. The van der Waals surface area contributed by atoms with Gasteiger partial charge in [-0.15, -0.1) is 0 Å². The van der Waals surface area contributed by atoms with E-state index >= 15 is 0 Å². The van der Waals surface area contributed by atoms with E-state index in [2.05, 4.69) is 5.32 Å². The van der Waals surface area contributed by atoms with Crippen molar-refractivity contribution in [1.82, 2.24) is 10.2 Å². The van der Waals surface area contributed by atoms with Gasteiger partial charge in [-0.25, -0.2) is 0 Å². The Labute approximate surface area is 145 Å². The van der Waals surface area contributed by atoms with E-state index in [1.54, 1.807) is 6.07 Å². The zero-order valence-electron chi connectivity index (χ0n) is 13.8. The predicted molar refractivity (Wildman–Crippen MR) is 86.6 cm³/mol. The second kappa shape index (κ2) is 6.38. The third-order valence-corrected chi connectivity index (χ3v) is 5.19. The Morgan fingerprint density at radius 1 is 1.12 bits per heavy atom. The molecule has 7 nitrogen and oxygen atoms in total. The number of benzene rings is 1. The van der Waals surface area contributed by atoms with Crippen LogP contribution in [-0.4, -0.2) is 36.0 Å². The van der Waals surface area contributed by atoms with Gasteiger partial charge in [0.25, 0.3) is 0 Å². The number of hydrogen-bond acceptors (Lipinski definition) is 5. The minimum atomic E-state index is -0.350. The van der Waals surface area contributed by atoms with Gasteiger partial charge in [-0.2, -0.15) is 0 Å². The molecule has 3 aliphatic rings. The molecule has 4 rings (SSSR count). The van der Waals surface area contributed by atoms with Crippen molar-refractivity contribution < 1.29 is 23.9 Å². The summed E-state index contributed by atoms with van der Waals surface area (Å²) in [6.45, 7) is 0.214. The van der Waals surface area contributed by atoms with Crippen LogP contribution in [0.4, 0.5) is 0 Å². The topological polar surface area (TPSA) is 84.9 Å². The Balaban J connectivity index is 1.37. The van der Waals surface area contributed by atoms with Gasteiger partial charge < -0.3 is 14.8 Å². The van der Waals surface area contributed by atoms with Gasteiger partial charge in [0, 0.05) is 12.1 Å². The Morgan fingerprint density at radius 2 is 1.84 bits per heavy atom. The molecule has 1 N–H and O–H groups in total. The molecule has 0 bridgehead atoms. The van der Waals surface area contributed by atoms with Crippen molar-refractivity contribution in [2.45, 2.75) is 32.2 Å². The van der Waals surface area contributed by atoms with Gasteiger partial charge in [0.1, 0.15) is 6.54 Å². The van der Waals surface area contributed by atoms with Crippen molar-refractivity contribution in [2.24, 2.45) is 11.8 Å². The van der Waals surface area contributed by atoms with Crippen molar-refractivity contribution >= 4 is 17.7 Å². The fourth-order valence-electron chi connectivity index (χ4n) is 3.91. The molecule has 1 aromatic rings. The van der Waals surface area contributed by atoms with E-state index in [4.69, 9.17) is 9.47 Å². The van der Waals surface area contributed by atoms with E-state index in [9.17, 15) is 14.4 Å². The van der Waals surface area contributed by atoms with E-state index < -0.39 is 0 Å². The third-order valence-electron chi connectivity index (χ3n) is 5.19. The van der Waals surface area contributed by atoms with Crippen LogP contribution in [0.5, 0.6) is 11.5 Å². The molecule has 2 heterocycles. The van der Waals surface area contributed by atoms with E-state index in [0.29, 0.717) is 11.5 Å². The molecule has 2 atom stereocenters. The monoisotopic (exact) mass is 344 g/mol. The van der Waals surface area contributed by atoms with Crippen molar-refractivity contribution in [1.29, 1.82) is 0 Å². The quantitative estimate of drug-likeness (QED) is 0.830. The first-order valence-corrected chi connectivity index (χ1v) is 8.64. The van der Waals surface area contributed by atoms with Gasteiger partial charge in [0.05, 0.1) is 11.8 Å². The molecular weight excluding hydrogens is 324 g/mol. The first-order chi connectivity index (χ1) is 12.1. The Kier molecular flexibility index (Phi) is 4.07. The van der Waals surface area contributed by atoms with Crippen LogP contribution in [0, 0.1) is 11.8 Å². The molecule has 7 heteroatoms. The van der Waals surface area contributed by atoms with Crippen LogP contribution in [0.15, 0.2) is 18.2 Å². The molecule has 3 amide bonds. The summed E-state index contributed by atoms with van der Waals surface area (Å²) in [6.07, 6.45) is 3.45. The summed E-state index contributed by atoms with van der Waals surface area (Å²) in [5.41, 5.74) is 0.802. The van der Waals surface area contributed by atoms with Crippen LogP contribution in [0.3, 0.4) is 0 Å². The highest BCUT2D eigenvalue weighted by atomic mass is 16.7. The average Bonchev–Trinajstić information content (AvgIpc) is 3.20. The Morgan fingerprint density at radius 3 is 2.56 bits per heavy atom. The molecule has 1 aromatic carbocycles. The summed E-state index contributed by atoms with van der Waals surface area (Å²) in [5.74, 6) is 0.0955. The van der Waals surface area contributed by atoms with Gasteiger partial charge in [0.2, 0.25) is 24.5 Å². The fraction of sp³-hybridized carbons (Fsp3) is 0.500. The van der Waals surface area contributed by atoms with Crippen LogP contribution in [-0.2, 0) is 20.9 Å². The van der Waals surface area contributed by atoms with Gasteiger partial charge in [-0.05, 0) is 18.9 Å². The van der Waals surface area contributed by atoms with Crippen molar-refractivity contribution in [3.05, 3.63) is 23.8 Å². The molecule has 0 spiro atoms. The number of hydrogen-bond donors (Lipinski definition) is 1. The second-order valence-electron chi connectivity index (χ2n) is 6.69. The number of para-hydroxylation sites is 1. The van der Waals surface area contributed by atoms with Crippen molar-refractivity contribution in [2.75, 3.05) is 13.3 Å². The lowest BCUT2D eigenvalue weighted by molar-refractivity contribution is -0.143. The fourth-order valence-corrected chi connectivity index (χ4v) is 3.91. The van der Waals surface area contributed by atoms with Crippen molar-refractivity contribution in [3.63, 3.8) is 0 Å². The lowest BCUT2D eigenvalue weighted by atomic mass is 9.81. The van der Waals surface area contributed by atoms with Gasteiger partial charge in [-0.3, -0.25) is 19.3 Å². The second-order valence-corrected chi connectivity index (χ2v) is 6.69. The van der Waals surface area contributed by atoms with Gasteiger partial charge in [0.15, 0.2) is 11.5 Å². The first kappa shape index (κ1) is 15.9. The molecular formula is C18H20N2O5. The molecule has 2 aliphatic heterocycles. The zero-order chi connectivity index (χ0) is 17.4. The highest BCUT2D eigenvalue weighted by molar-refractivity contribution is 6.07. The average molecular weight is 344 g/mol. The molecule has 0 aromatic heterocycles. The number of likely N-dealkylation sites (tertiary alicyclic amines) is 1. The number of carbonyl (C=O) groups excluding carboxylic acids is 3. The number of imide groups is 1. The number of ether oxygens (including phenoxy) is 2. The SMILES string of the molecule is O=C(CN1C(=O)[C@H]2CCCC[C@H]2C1=O)NCc1cccc2c1OCO2. The highest BCUT2D eigenvalue weighted by Crippen LogP contribution is 2.38. The summed E-state index contributed by atoms with van der Waals surface area (Å²) in [7, 11) is 0. The number of amides is 3. The number of rotatable bonds is 4. The number of nitrogens with one attached hydrogen (secondary N) is 1. The summed E-state index contributed by atoms with van der Waals surface area (Å²) in [5, 5.41) is 2.76. The minimum Gasteiger partial charge on any atom is -0.454 e. The molecule has 1 saturated carbocycles. The minimum absolute atomic E-state index is 0.167. The van der Waals surface area contributed by atoms with Crippen LogP contribution in [0.2, 0.25) is 0 Å². The molecule has 132 valence electrons. The Bertz CT molecular complexity index is 708. The number of fused-ring (bicyclic) bond motifs is 2. The lowest BCUT2D eigenvalue weighted by Crippen LogP contribution is -2.40. The van der Waals surface area contributed by atoms with Crippen LogP contribution >= 0.6 is 0 Å². The van der Waals surface area contributed by atoms with Crippen molar-refractivity contribution in [3.8, 4) is 11.5 Å². The number of nitrogens with zero attached hydrogens (tertiary/aromatic N) is 1. The smallest absolute Gasteiger partial charge is 0.240 e. The van der Waals surface area contributed by atoms with Crippen LogP contribution in [0.1, 0.15) is 31.2 Å². The predicted octanol–water partition coefficient (Wildman–Crippen LogP) is 1.21. The summed E-state index contributed by atoms with van der Waals surface area (Å²) >= 11 is 0. The highest BCUT2D eigenvalue weighted by Gasteiger charge is 2.48. The Hall–Kier alpha value is -2.57. The molecule has 0 unspecified atom stereocenters. The maximum atomic E-state index is 12.4. The molecule has 0 radical (unpaired) electrons. The first-order valence-electron chi connectivity index (χ1n) is 8.64. The van der Waals surface area contributed by atoms with Gasteiger partial charge >= 0.3 is 0 Å². The lowest BCUT2D eigenvalue weighted by Gasteiger charge is -2.19. The molecule has 25 heavy (non-hydrogen) atoms. The number of carbonyl (C=O) groups is 3. The molecule has 1 saturated heterocycles. The summed E-state index contributed by atoms with van der Waals surface area (Å²) < 4.78 is 10.7. The van der Waals surface area contributed by atoms with E-state index in [0.717, 1.165) is 36.1 Å². The van der Waals surface area contributed by atoms with E-state index in [1.165, 1.54) is 0 Å². The standard InChI is InChI=1S/C18H20N2O5/c21-15(19-8-11-4-3-7-14-16(11)25-10-24-14)9-20-17(22)12-5-1-2-6-13(12)18(20)23/h3-4,7,12-13H,1-2,5-6,8-10H2,(H,19,21)/t12-,13+. The molecule has 1 aliphatic carbocycles. The van der Waals surface area contributed by atoms with E-state index in [1.807, 2.05) is 12.1 Å². The van der Waals surface area contributed by atoms with Crippen LogP contribution < -0.4 is 14.8 Å². The summed E-state index contributed by atoms with van der Waals surface area (Å²) in [6, 6.07) is 5.47.